The lowest BCUT2D eigenvalue weighted by Crippen LogP contribution is -2.23. The highest BCUT2D eigenvalue weighted by Crippen LogP contribution is 2.17. The third kappa shape index (κ3) is 1.23. The molecular weight excluding hydrogens is 104 g/mol. The van der Waals surface area contributed by atoms with Gasteiger partial charge < -0.3 is 5.32 Å². The number of hydrogen-bond donors (Lipinski definition) is 1. The number of hydrogen-bond acceptors (Lipinski definition) is 2. The Bertz CT molecular complexity index is 143. The third-order valence-corrected chi connectivity index (χ3v) is 1.01. The molecule has 0 aromatic heterocycles. The van der Waals surface area contributed by atoms with E-state index in [4.69, 9.17) is 5.26 Å². The SMILES string of the molecule is N#CC(=O)NC1CC1. The number of nitrogens with zero attached hydrogens (tertiary/aromatic N) is 1. The predicted octanol–water partition coefficient (Wildman–Crippen LogP) is -0.211. The van der Waals surface area contributed by atoms with Gasteiger partial charge in [-0.1, -0.05) is 0 Å². The van der Waals surface area contributed by atoms with Gasteiger partial charge in [-0.05, 0) is 12.8 Å². The Morgan fingerprint density at radius 3 is 2.75 bits per heavy atom. The minimum absolute atomic E-state index is 0.308. The van der Waals surface area contributed by atoms with E-state index in [1.165, 1.54) is 6.07 Å². The highest BCUT2D eigenvalue weighted by Gasteiger charge is 2.22. The maximum Gasteiger partial charge on any atom is 0.322 e. The van der Waals surface area contributed by atoms with E-state index in [0.29, 0.717) is 6.04 Å². The highest BCUT2D eigenvalue weighted by atomic mass is 16.1. The fourth-order valence-electron chi connectivity index (χ4n) is 0.445. The van der Waals surface area contributed by atoms with Crippen molar-refractivity contribution in [1.29, 1.82) is 5.26 Å². The molecule has 3 nitrogen and oxygen atoms in total. The fraction of sp³-hybridized carbons (Fsp3) is 0.600. The average molecular weight is 110 g/mol. The van der Waals surface area contributed by atoms with Crippen LogP contribution in [0, 0.1) is 11.3 Å². The molecule has 1 saturated carbocycles. The number of rotatable bonds is 1. The summed E-state index contributed by atoms with van der Waals surface area (Å²) in [6, 6.07) is 1.79. The Kier molecular flexibility index (Phi) is 1.17. The first-order valence-corrected chi connectivity index (χ1v) is 2.53. The lowest BCUT2D eigenvalue weighted by molar-refractivity contribution is -0.115. The normalized spacial score (nSPS) is 16.9. The second-order valence-electron chi connectivity index (χ2n) is 1.86. The van der Waals surface area contributed by atoms with Gasteiger partial charge in [-0.2, -0.15) is 5.26 Å². The summed E-state index contributed by atoms with van der Waals surface area (Å²) in [6.07, 6.45) is 2.07. The first-order valence-electron chi connectivity index (χ1n) is 2.53. The molecule has 1 aliphatic carbocycles. The molecule has 1 rings (SSSR count). The van der Waals surface area contributed by atoms with Crippen molar-refractivity contribution < 1.29 is 4.79 Å². The van der Waals surface area contributed by atoms with Crippen molar-refractivity contribution in [2.45, 2.75) is 18.9 Å². The molecule has 1 amide bonds. The zero-order chi connectivity index (χ0) is 5.98. The number of carbonyl (C=O) groups excluding carboxylic acids is 1. The fourth-order valence-corrected chi connectivity index (χ4v) is 0.445. The molecule has 42 valence electrons. The molecular formula is C5H6N2O. The largest absolute Gasteiger partial charge is 0.341 e. The molecule has 0 unspecified atom stereocenters. The number of nitrogens with one attached hydrogen (secondary N) is 1. The van der Waals surface area contributed by atoms with Crippen LogP contribution in [0.2, 0.25) is 0 Å². The van der Waals surface area contributed by atoms with Gasteiger partial charge in [-0.25, -0.2) is 0 Å². The molecule has 0 aliphatic heterocycles. The molecule has 1 aliphatic rings. The van der Waals surface area contributed by atoms with Gasteiger partial charge in [0, 0.05) is 6.04 Å². The van der Waals surface area contributed by atoms with Crippen molar-refractivity contribution in [3.63, 3.8) is 0 Å². The second kappa shape index (κ2) is 1.83. The van der Waals surface area contributed by atoms with Crippen LogP contribution in [0.3, 0.4) is 0 Å². The number of carbonyl (C=O) groups is 1. The summed E-state index contributed by atoms with van der Waals surface area (Å²) in [5, 5.41) is 10.5. The Morgan fingerprint density at radius 1 is 1.75 bits per heavy atom. The molecule has 0 heterocycles. The van der Waals surface area contributed by atoms with E-state index in [-0.39, 0.29) is 0 Å². The highest BCUT2D eigenvalue weighted by molar-refractivity contribution is 5.91. The van der Waals surface area contributed by atoms with Crippen LogP contribution in [0.1, 0.15) is 12.8 Å². The smallest absolute Gasteiger partial charge is 0.322 e. The summed E-state index contributed by atoms with van der Waals surface area (Å²) in [4.78, 5) is 10.2. The summed E-state index contributed by atoms with van der Waals surface area (Å²) < 4.78 is 0. The quantitative estimate of drug-likeness (QED) is 0.475. The summed E-state index contributed by atoms with van der Waals surface area (Å²) in [5.41, 5.74) is 0. The molecule has 0 aromatic rings. The molecule has 0 radical (unpaired) electrons. The average Bonchev–Trinajstić information content (AvgIpc) is 2.50. The van der Waals surface area contributed by atoms with Crippen LogP contribution in [0.15, 0.2) is 0 Å². The third-order valence-electron chi connectivity index (χ3n) is 1.01. The van der Waals surface area contributed by atoms with Crippen LogP contribution >= 0.6 is 0 Å². The van der Waals surface area contributed by atoms with Crippen LogP contribution in [-0.2, 0) is 4.79 Å². The standard InChI is InChI=1S/C5H6N2O/c6-3-5(8)7-4-1-2-4/h4H,1-2H2,(H,7,8). The second-order valence-corrected chi connectivity index (χ2v) is 1.86. The van der Waals surface area contributed by atoms with E-state index in [1.54, 1.807) is 0 Å². The van der Waals surface area contributed by atoms with E-state index >= 15 is 0 Å². The summed E-state index contributed by atoms with van der Waals surface area (Å²) in [5.74, 6) is -0.507. The topological polar surface area (TPSA) is 52.9 Å². The predicted molar refractivity (Wildman–Crippen MR) is 26.8 cm³/mol. The molecule has 0 bridgehead atoms. The van der Waals surface area contributed by atoms with Crippen LogP contribution in [0.4, 0.5) is 0 Å². The van der Waals surface area contributed by atoms with Crippen molar-refractivity contribution in [3.8, 4) is 6.07 Å². The maximum atomic E-state index is 10.2. The zero-order valence-corrected chi connectivity index (χ0v) is 4.35. The van der Waals surface area contributed by atoms with Gasteiger partial charge in [0.1, 0.15) is 0 Å². The Hall–Kier alpha value is -1.04. The minimum Gasteiger partial charge on any atom is -0.341 e. The maximum absolute atomic E-state index is 10.2. The summed E-state index contributed by atoms with van der Waals surface area (Å²) >= 11 is 0. The van der Waals surface area contributed by atoms with E-state index in [9.17, 15) is 4.79 Å². The van der Waals surface area contributed by atoms with Crippen molar-refractivity contribution in [2.75, 3.05) is 0 Å². The molecule has 0 aromatic carbocycles. The Morgan fingerprint density at radius 2 is 2.38 bits per heavy atom. The summed E-state index contributed by atoms with van der Waals surface area (Å²) in [6.45, 7) is 0. The molecule has 0 saturated heterocycles. The van der Waals surface area contributed by atoms with Gasteiger partial charge in [0.25, 0.3) is 0 Å². The van der Waals surface area contributed by atoms with Crippen LogP contribution in [0.5, 0.6) is 0 Å². The monoisotopic (exact) mass is 110 g/mol. The zero-order valence-electron chi connectivity index (χ0n) is 4.35. The number of amides is 1. The van der Waals surface area contributed by atoms with Gasteiger partial charge >= 0.3 is 5.91 Å². The lowest BCUT2D eigenvalue weighted by atomic mass is 10.6. The molecule has 3 heteroatoms. The van der Waals surface area contributed by atoms with Crippen LogP contribution in [-0.4, -0.2) is 11.9 Å². The Labute approximate surface area is 47.3 Å². The van der Waals surface area contributed by atoms with Gasteiger partial charge in [0.15, 0.2) is 6.07 Å². The van der Waals surface area contributed by atoms with Crippen molar-refractivity contribution in [2.24, 2.45) is 0 Å². The van der Waals surface area contributed by atoms with Gasteiger partial charge in [-0.15, -0.1) is 0 Å². The molecule has 8 heavy (non-hydrogen) atoms. The summed E-state index contributed by atoms with van der Waals surface area (Å²) in [7, 11) is 0. The molecule has 0 atom stereocenters. The first-order chi connectivity index (χ1) is 3.83. The van der Waals surface area contributed by atoms with Crippen molar-refractivity contribution in [1.82, 2.24) is 5.32 Å². The van der Waals surface area contributed by atoms with E-state index in [2.05, 4.69) is 5.32 Å². The van der Waals surface area contributed by atoms with E-state index in [0.717, 1.165) is 12.8 Å². The minimum atomic E-state index is -0.507. The van der Waals surface area contributed by atoms with Crippen LogP contribution < -0.4 is 5.32 Å². The first kappa shape index (κ1) is 5.10. The van der Waals surface area contributed by atoms with Gasteiger partial charge in [-0.3, -0.25) is 4.79 Å². The van der Waals surface area contributed by atoms with Gasteiger partial charge in [0.05, 0.1) is 0 Å². The number of nitriles is 1. The van der Waals surface area contributed by atoms with Gasteiger partial charge in [0.2, 0.25) is 0 Å². The van der Waals surface area contributed by atoms with Crippen molar-refractivity contribution in [3.05, 3.63) is 0 Å². The Balaban J connectivity index is 2.19. The van der Waals surface area contributed by atoms with Crippen molar-refractivity contribution >= 4 is 5.91 Å². The molecule has 1 fully saturated rings. The lowest BCUT2D eigenvalue weighted by Gasteiger charge is -1.89. The van der Waals surface area contributed by atoms with E-state index in [1.807, 2.05) is 0 Å². The molecule has 1 N–H and O–H groups in total. The van der Waals surface area contributed by atoms with Crippen LogP contribution in [0.25, 0.3) is 0 Å². The van der Waals surface area contributed by atoms with E-state index < -0.39 is 5.91 Å². The molecule has 0 spiro atoms.